The lowest BCUT2D eigenvalue weighted by Gasteiger charge is -2.24. The molecule has 1 fully saturated rings. The van der Waals surface area contributed by atoms with Crippen molar-refractivity contribution in [2.24, 2.45) is 0 Å². The summed E-state index contributed by atoms with van der Waals surface area (Å²) in [5.74, 6) is 0.962. The van der Waals surface area contributed by atoms with E-state index in [4.69, 9.17) is 4.52 Å². The van der Waals surface area contributed by atoms with Crippen LogP contribution in [0, 0.1) is 13.8 Å². The number of nitrogens with zero attached hydrogens (tertiary/aromatic N) is 3. The first kappa shape index (κ1) is 12.4. The summed E-state index contributed by atoms with van der Waals surface area (Å²) in [7, 11) is 0. The molecule has 1 aliphatic rings. The van der Waals surface area contributed by atoms with Crippen molar-refractivity contribution < 1.29 is 4.52 Å². The molecule has 4 heteroatoms. The number of aromatic nitrogens is 2. The van der Waals surface area contributed by atoms with Gasteiger partial charge in [-0.2, -0.15) is 0 Å². The van der Waals surface area contributed by atoms with Crippen LogP contribution >= 0.6 is 0 Å². The second kappa shape index (κ2) is 5.13. The van der Waals surface area contributed by atoms with Crippen LogP contribution in [0.2, 0.25) is 0 Å². The van der Waals surface area contributed by atoms with E-state index in [1.165, 1.54) is 24.0 Å². The van der Waals surface area contributed by atoms with Gasteiger partial charge in [-0.25, -0.2) is 0 Å². The van der Waals surface area contributed by atoms with E-state index < -0.39 is 0 Å². The minimum atomic E-state index is 0.444. The molecule has 1 aliphatic heterocycles. The van der Waals surface area contributed by atoms with Gasteiger partial charge in [-0.05, 0) is 50.9 Å². The fourth-order valence-electron chi connectivity index (χ4n) is 3.03. The predicted octanol–water partition coefficient (Wildman–Crippen LogP) is 3.02. The summed E-state index contributed by atoms with van der Waals surface area (Å²) in [6.45, 7) is 6.15. The normalized spacial score (nSPS) is 20.0. The average Bonchev–Trinajstić information content (AvgIpc) is 2.98. The van der Waals surface area contributed by atoms with E-state index in [0.717, 1.165) is 24.5 Å². The Morgan fingerprint density at radius 1 is 1.32 bits per heavy atom. The summed E-state index contributed by atoms with van der Waals surface area (Å²) >= 11 is 0. The van der Waals surface area contributed by atoms with Crippen molar-refractivity contribution in [1.29, 1.82) is 0 Å². The maximum absolute atomic E-state index is 5.32. The molecule has 19 heavy (non-hydrogen) atoms. The van der Waals surface area contributed by atoms with Gasteiger partial charge in [0, 0.05) is 30.5 Å². The summed E-state index contributed by atoms with van der Waals surface area (Å²) in [5, 5.41) is 4.09. The lowest BCUT2D eigenvalue weighted by molar-refractivity contribution is 0.245. The third kappa shape index (κ3) is 2.40. The molecule has 1 unspecified atom stereocenters. The first-order valence-electron chi connectivity index (χ1n) is 6.81. The molecule has 1 saturated heterocycles. The molecule has 0 amide bonds. The Labute approximate surface area is 113 Å². The van der Waals surface area contributed by atoms with Gasteiger partial charge in [0.1, 0.15) is 5.76 Å². The highest BCUT2D eigenvalue weighted by molar-refractivity contribution is 5.26. The molecule has 0 aromatic carbocycles. The quantitative estimate of drug-likeness (QED) is 0.847. The lowest BCUT2D eigenvalue weighted by atomic mass is 10.0. The monoisotopic (exact) mass is 257 g/mol. The van der Waals surface area contributed by atoms with Crippen LogP contribution in [0.4, 0.5) is 0 Å². The molecule has 0 saturated carbocycles. The molecular weight excluding hydrogens is 238 g/mol. The van der Waals surface area contributed by atoms with E-state index in [2.05, 4.69) is 27.2 Å². The van der Waals surface area contributed by atoms with Gasteiger partial charge in [-0.3, -0.25) is 9.88 Å². The molecule has 4 nitrogen and oxygen atoms in total. The summed E-state index contributed by atoms with van der Waals surface area (Å²) in [6.07, 6.45) is 6.14. The van der Waals surface area contributed by atoms with E-state index in [1.54, 1.807) is 0 Å². The third-order valence-corrected chi connectivity index (χ3v) is 3.92. The van der Waals surface area contributed by atoms with Crippen LogP contribution in [0.15, 0.2) is 29.0 Å². The summed E-state index contributed by atoms with van der Waals surface area (Å²) < 4.78 is 5.32. The Morgan fingerprint density at radius 2 is 2.11 bits per heavy atom. The highest BCUT2D eigenvalue weighted by atomic mass is 16.5. The van der Waals surface area contributed by atoms with Gasteiger partial charge in [0.25, 0.3) is 0 Å². The fourth-order valence-corrected chi connectivity index (χ4v) is 3.03. The van der Waals surface area contributed by atoms with E-state index in [1.807, 2.05) is 26.2 Å². The number of hydrogen-bond donors (Lipinski definition) is 0. The van der Waals surface area contributed by atoms with Gasteiger partial charge < -0.3 is 4.52 Å². The van der Waals surface area contributed by atoms with E-state index >= 15 is 0 Å². The van der Waals surface area contributed by atoms with Crippen molar-refractivity contribution in [1.82, 2.24) is 15.0 Å². The highest BCUT2D eigenvalue weighted by Gasteiger charge is 2.30. The van der Waals surface area contributed by atoms with Crippen LogP contribution in [0.5, 0.6) is 0 Å². The third-order valence-electron chi connectivity index (χ3n) is 3.92. The molecule has 0 radical (unpaired) electrons. The first-order chi connectivity index (χ1) is 9.25. The van der Waals surface area contributed by atoms with E-state index in [9.17, 15) is 0 Å². The summed E-state index contributed by atoms with van der Waals surface area (Å²) in [6, 6.07) is 4.62. The van der Waals surface area contributed by atoms with Gasteiger partial charge in [-0.15, -0.1) is 0 Å². The molecule has 2 aromatic rings. The summed E-state index contributed by atoms with van der Waals surface area (Å²) in [5.41, 5.74) is 3.63. The Morgan fingerprint density at radius 3 is 2.79 bits per heavy atom. The zero-order valence-corrected chi connectivity index (χ0v) is 11.5. The van der Waals surface area contributed by atoms with Crippen molar-refractivity contribution in [3.05, 3.63) is 47.1 Å². The molecular formula is C15H19N3O. The Kier molecular flexibility index (Phi) is 3.34. The molecule has 3 heterocycles. The van der Waals surface area contributed by atoms with Crippen molar-refractivity contribution in [3.8, 4) is 0 Å². The van der Waals surface area contributed by atoms with Crippen molar-refractivity contribution in [3.63, 3.8) is 0 Å². The highest BCUT2D eigenvalue weighted by Crippen LogP contribution is 2.36. The summed E-state index contributed by atoms with van der Waals surface area (Å²) in [4.78, 5) is 6.59. The SMILES string of the molecule is Cc1noc(C)c1C1CCCN1Cc1ccncc1. The van der Waals surface area contributed by atoms with Crippen LogP contribution in [0.25, 0.3) is 0 Å². The molecule has 3 rings (SSSR count). The second-order valence-electron chi connectivity index (χ2n) is 5.22. The number of hydrogen-bond acceptors (Lipinski definition) is 4. The molecule has 0 bridgehead atoms. The average molecular weight is 257 g/mol. The minimum Gasteiger partial charge on any atom is -0.361 e. The Balaban J connectivity index is 1.82. The molecule has 0 N–H and O–H groups in total. The Hall–Kier alpha value is -1.68. The first-order valence-corrected chi connectivity index (χ1v) is 6.81. The smallest absolute Gasteiger partial charge is 0.138 e. The van der Waals surface area contributed by atoms with Crippen LogP contribution in [0.1, 0.15) is 41.5 Å². The zero-order valence-electron chi connectivity index (χ0n) is 11.5. The van der Waals surface area contributed by atoms with Gasteiger partial charge in [0.15, 0.2) is 0 Å². The van der Waals surface area contributed by atoms with E-state index in [0.29, 0.717) is 6.04 Å². The number of likely N-dealkylation sites (tertiary alicyclic amines) is 1. The fraction of sp³-hybridized carbons (Fsp3) is 0.467. The molecule has 0 aliphatic carbocycles. The van der Waals surface area contributed by atoms with Crippen molar-refractivity contribution in [2.75, 3.05) is 6.54 Å². The molecule has 0 spiro atoms. The van der Waals surface area contributed by atoms with Crippen molar-refractivity contribution >= 4 is 0 Å². The molecule has 1 atom stereocenters. The number of aryl methyl sites for hydroxylation is 2. The van der Waals surface area contributed by atoms with Gasteiger partial charge >= 0.3 is 0 Å². The predicted molar refractivity (Wildman–Crippen MR) is 72.6 cm³/mol. The van der Waals surface area contributed by atoms with Crippen LogP contribution in [-0.4, -0.2) is 21.6 Å². The minimum absolute atomic E-state index is 0.444. The van der Waals surface area contributed by atoms with Gasteiger partial charge in [0.05, 0.1) is 5.69 Å². The topological polar surface area (TPSA) is 42.2 Å². The molecule has 100 valence electrons. The largest absolute Gasteiger partial charge is 0.361 e. The van der Waals surface area contributed by atoms with Crippen LogP contribution in [-0.2, 0) is 6.54 Å². The van der Waals surface area contributed by atoms with Crippen molar-refractivity contribution in [2.45, 2.75) is 39.3 Å². The van der Waals surface area contributed by atoms with Crippen LogP contribution < -0.4 is 0 Å². The standard InChI is InChI=1S/C15H19N3O/c1-11-15(12(2)19-17-11)14-4-3-9-18(14)10-13-5-7-16-8-6-13/h5-8,14H,3-4,9-10H2,1-2H3. The van der Waals surface area contributed by atoms with Gasteiger partial charge in [-0.1, -0.05) is 5.16 Å². The Bertz CT molecular complexity index is 530. The number of rotatable bonds is 3. The molecule has 2 aromatic heterocycles. The van der Waals surface area contributed by atoms with Gasteiger partial charge in [0.2, 0.25) is 0 Å². The maximum atomic E-state index is 5.32. The second-order valence-corrected chi connectivity index (χ2v) is 5.22. The number of pyridine rings is 1. The van der Waals surface area contributed by atoms with E-state index in [-0.39, 0.29) is 0 Å². The lowest BCUT2D eigenvalue weighted by Crippen LogP contribution is -2.23. The van der Waals surface area contributed by atoms with Crippen LogP contribution in [0.3, 0.4) is 0 Å². The zero-order chi connectivity index (χ0) is 13.2. The maximum Gasteiger partial charge on any atom is 0.138 e.